The molecule has 3 fully saturated rings. The van der Waals surface area contributed by atoms with Crippen LogP contribution in [0.5, 0.6) is 0 Å². The molecule has 6 aliphatic rings. The van der Waals surface area contributed by atoms with Gasteiger partial charge in [0.25, 0.3) is 17.4 Å². The van der Waals surface area contributed by atoms with E-state index in [0.717, 1.165) is 67.8 Å². The van der Waals surface area contributed by atoms with Crippen molar-refractivity contribution in [2.24, 2.45) is 12.5 Å². The number of hydrogen-bond donors (Lipinski definition) is 5. The molecule has 2 aromatic carbocycles. The number of carbonyl (C=O) groups is 3. The lowest BCUT2D eigenvalue weighted by Gasteiger charge is -2.48. The van der Waals surface area contributed by atoms with Crippen molar-refractivity contribution in [2.45, 2.75) is 135 Å². The van der Waals surface area contributed by atoms with Crippen molar-refractivity contribution in [3.8, 4) is 11.3 Å². The second kappa shape index (κ2) is 20.8. The van der Waals surface area contributed by atoms with Gasteiger partial charge in [0.2, 0.25) is 5.91 Å². The van der Waals surface area contributed by atoms with E-state index in [9.17, 15) is 38.6 Å². The molecule has 1 unspecified atom stereocenters. The maximum Gasteiger partial charge on any atom is 0.470 e. The Morgan fingerprint density at radius 1 is 0.886 bits per heavy atom. The first-order chi connectivity index (χ1) is 37.6. The molecule has 3 amide bonds. The summed E-state index contributed by atoms with van der Waals surface area (Å²) in [6, 6.07) is 15.9. The quantitative estimate of drug-likeness (QED) is 0.0584. The topological polar surface area (TPSA) is 231 Å². The number of benzene rings is 2. The molecule has 0 spiro atoms. The molecular weight excluding hydrogens is 1030 g/mol. The average molecular weight is 1100 g/mol. The zero-order chi connectivity index (χ0) is 55.9. The normalized spacial score (nSPS) is 24.1. The highest BCUT2D eigenvalue weighted by Gasteiger charge is 2.44. The highest BCUT2D eigenvalue weighted by atomic mass is 31.2. The molecule has 7 heterocycles. The van der Waals surface area contributed by atoms with E-state index in [-0.39, 0.29) is 47.1 Å². The maximum atomic E-state index is 14.1. The van der Waals surface area contributed by atoms with Gasteiger partial charge in [0.05, 0.1) is 29.3 Å². The number of piperidine rings is 1. The number of fused-ring (bicyclic) bond motifs is 4. The number of aliphatic hydroxyl groups excluding tert-OH is 1. The molecule has 3 atom stereocenters. The zero-order valence-electron chi connectivity index (χ0n) is 45.9. The first-order valence-corrected chi connectivity index (χ1v) is 29.2. The van der Waals surface area contributed by atoms with Crippen molar-refractivity contribution in [3.05, 3.63) is 118 Å². The van der Waals surface area contributed by atoms with Crippen LogP contribution in [-0.4, -0.2) is 124 Å². The molecule has 0 radical (unpaired) electrons. The summed E-state index contributed by atoms with van der Waals surface area (Å²) in [5, 5.41) is 17.1. The molecule has 2 aliphatic carbocycles. The molecule has 5 aromatic rings. The van der Waals surface area contributed by atoms with Gasteiger partial charge in [0, 0.05) is 129 Å². The number of pyridine rings is 1. The van der Waals surface area contributed by atoms with Crippen LogP contribution >= 0.6 is 7.82 Å². The number of hydrogen-bond acceptors (Lipinski definition) is 13. The average Bonchev–Trinajstić information content (AvgIpc) is 4.29. The van der Waals surface area contributed by atoms with Crippen LogP contribution in [0.4, 0.5) is 34.4 Å². The van der Waals surface area contributed by atoms with E-state index in [4.69, 9.17) is 9.51 Å². The van der Waals surface area contributed by atoms with Gasteiger partial charge in [-0.1, -0.05) is 26.5 Å². The van der Waals surface area contributed by atoms with Gasteiger partial charge in [-0.05, 0) is 132 Å². The van der Waals surface area contributed by atoms with Crippen LogP contribution < -0.4 is 30.9 Å². The van der Waals surface area contributed by atoms with Gasteiger partial charge in [0.15, 0.2) is 5.82 Å². The summed E-state index contributed by atoms with van der Waals surface area (Å²) >= 11 is 0. The fraction of sp³-hybridized carbons (Fsp3) is 0.483. The Bertz CT molecular complexity index is 3380. The molecule has 4 aliphatic heterocycles. The second-order valence-corrected chi connectivity index (χ2v) is 24.8. The fourth-order valence-electron chi connectivity index (χ4n) is 13.6. The molecule has 21 heteroatoms. The maximum absolute atomic E-state index is 14.1. The second-order valence-electron chi connectivity index (χ2n) is 23.6. The van der Waals surface area contributed by atoms with Crippen molar-refractivity contribution in [2.75, 3.05) is 58.1 Å². The lowest BCUT2D eigenvalue weighted by molar-refractivity contribution is -0.111. The highest BCUT2D eigenvalue weighted by molar-refractivity contribution is 7.46. The summed E-state index contributed by atoms with van der Waals surface area (Å²) < 4.78 is 20.4. The highest BCUT2D eigenvalue weighted by Crippen LogP contribution is 2.48. The number of aromatic nitrogens is 4. The third kappa shape index (κ3) is 10.4. The molecule has 2 saturated heterocycles. The number of carbonyl (C=O) groups excluding carboxylic acids is 3. The van der Waals surface area contributed by atoms with Crippen molar-refractivity contribution < 1.29 is 38.4 Å². The predicted molar refractivity (Wildman–Crippen MR) is 303 cm³/mol. The van der Waals surface area contributed by atoms with Crippen molar-refractivity contribution in [1.82, 2.24) is 28.9 Å². The minimum Gasteiger partial charge on any atom is -0.392 e. The van der Waals surface area contributed by atoms with E-state index < -0.39 is 25.6 Å². The Kier molecular flexibility index (Phi) is 14.3. The smallest absolute Gasteiger partial charge is 0.392 e. The molecule has 3 aromatic heterocycles. The van der Waals surface area contributed by atoms with E-state index in [0.29, 0.717) is 97.6 Å². The Hall–Kier alpha value is -6.67. The van der Waals surface area contributed by atoms with E-state index in [1.54, 1.807) is 43.4 Å². The van der Waals surface area contributed by atoms with E-state index in [1.807, 2.05) is 35.2 Å². The molecular formula is C58H72N11O9P. The molecule has 0 bridgehead atoms. The Morgan fingerprint density at radius 3 is 2.38 bits per heavy atom. The molecule has 1 saturated carbocycles. The Balaban J connectivity index is 0.761. The van der Waals surface area contributed by atoms with Crippen LogP contribution in [0.2, 0.25) is 0 Å². The number of rotatable bonds is 13. The number of aryl methyl sites for hydroxylation is 1. The van der Waals surface area contributed by atoms with Crippen molar-refractivity contribution in [1.29, 1.82) is 0 Å². The Labute approximate surface area is 460 Å². The summed E-state index contributed by atoms with van der Waals surface area (Å²) in [6.07, 6.45) is 10.3. The monoisotopic (exact) mass is 1100 g/mol. The van der Waals surface area contributed by atoms with Gasteiger partial charge in [0.1, 0.15) is 11.5 Å². The number of anilines is 6. The number of aliphatic hydroxyl groups is 1. The molecule has 5 N–H and O–H groups in total. The molecule has 20 nitrogen and oxygen atoms in total. The van der Waals surface area contributed by atoms with Crippen LogP contribution in [0.1, 0.15) is 116 Å². The summed E-state index contributed by atoms with van der Waals surface area (Å²) in [4.78, 5) is 94.1. The minimum atomic E-state index is -4.64. The van der Waals surface area contributed by atoms with Crippen LogP contribution in [0.15, 0.2) is 78.4 Å². The van der Waals surface area contributed by atoms with Gasteiger partial charge in [-0.3, -0.25) is 33.5 Å². The number of phosphoric acid groups is 1. The first kappa shape index (κ1) is 54.3. The van der Waals surface area contributed by atoms with Crippen LogP contribution in [0, 0.1) is 5.41 Å². The molecule has 79 heavy (non-hydrogen) atoms. The third-order valence-corrected chi connectivity index (χ3v) is 18.2. The Morgan fingerprint density at radius 2 is 1.66 bits per heavy atom. The van der Waals surface area contributed by atoms with Crippen LogP contribution in [0.25, 0.3) is 11.3 Å². The first-order valence-electron chi connectivity index (χ1n) is 27.6. The van der Waals surface area contributed by atoms with Crippen molar-refractivity contribution in [3.63, 3.8) is 0 Å². The minimum absolute atomic E-state index is 0.00708. The van der Waals surface area contributed by atoms with Gasteiger partial charge in [-0.25, -0.2) is 14.5 Å². The van der Waals surface area contributed by atoms with Gasteiger partial charge in [-0.2, -0.15) is 0 Å². The largest absolute Gasteiger partial charge is 0.470 e. The summed E-state index contributed by atoms with van der Waals surface area (Å²) in [5.74, 6) is -0.177. The predicted octanol–water partition coefficient (Wildman–Crippen LogP) is 7.12. The van der Waals surface area contributed by atoms with E-state index in [2.05, 4.69) is 75.2 Å². The van der Waals surface area contributed by atoms with Crippen LogP contribution in [-0.2, 0) is 53.5 Å². The van der Waals surface area contributed by atoms with Crippen LogP contribution in [0.3, 0.4) is 0 Å². The number of amides is 3. The van der Waals surface area contributed by atoms with E-state index in [1.165, 1.54) is 21.9 Å². The fourth-order valence-corrected chi connectivity index (χ4v) is 14.4. The van der Waals surface area contributed by atoms with Gasteiger partial charge < -0.3 is 49.4 Å². The molecule has 418 valence electrons. The number of nitrogens with one attached hydrogen (secondary N) is 2. The van der Waals surface area contributed by atoms with Crippen molar-refractivity contribution >= 4 is 59.9 Å². The van der Waals surface area contributed by atoms with E-state index >= 15 is 0 Å². The van der Waals surface area contributed by atoms with Gasteiger partial charge in [-0.15, -0.1) is 0 Å². The lowest BCUT2D eigenvalue weighted by Crippen LogP contribution is -2.58. The number of phosphoric ester groups is 1. The zero-order valence-corrected chi connectivity index (χ0v) is 46.8. The standard InChI is InChI=1S/C58H72N11O9P/c1-8-51(71)61-45-28-38(60-52-56(74)63(7)33-46(62-52)41-16-20-59-53(44(41)34-70)68-25-24-67-49(55(68)73)27-37-29-57(4,5)30-50(37)67)12-13-48(45)66-23-22-64(31-36(66)3)40-17-21-65(35(2)26-40)47-11-9-10-42-43(47)32-69(54(42)72)39-14-18-58(6,19-15-39)78-79(75,76)77/h8-13,16,20,27-28,33,35-36,39-40,70H,1,14-15,17-19,21-26,29-32,34H2,2-7H3,(H,60,62)(H,61,71)(H2,75,76,77)/t35-,36-,39?,40?,58?/m0/s1. The SMILES string of the molecule is C=CC(=O)Nc1cc(Nc2nc(-c3ccnc(N4CCn5c(cc6c5CC(C)(C)C6)C4=O)c3CO)cn(C)c2=O)ccc1N1CCN(C2CCN(c3cccc4c3CN(C3CCC(C)(OP(=O)(O)O)CC3)C4=O)[C@@H](C)C2)C[C@@H]1C. The molecule has 11 rings (SSSR count). The summed E-state index contributed by atoms with van der Waals surface area (Å²) in [6.45, 7) is 18.6. The summed E-state index contributed by atoms with van der Waals surface area (Å²) in [5.41, 5.74) is 7.95. The third-order valence-electron chi connectivity index (χ3n) is 17.5. The number of nitrogens with zero attached hydrogens (tertiary/aromatic N) is 9. The lowest BCUT2D eigenvalue weighted by atomic mass is 9.83. The number of piperazine rings is 1. The van der Waals surface area contributed by atoms with Gasteiger partial charge >= 0.3 is 7.82 Å². The summed E-state index contributed by atoms with van der Waals surface area (Å²) in [7, 11) is -3.01.